The highest BCUT2D eigenvalue weighted by Crippen LogP contribution is 2.49. The number of nitrogens with one attached hydrogen (secondary N) is 4. The van der Waals surface area contributed by atoms with Gasteiger partial charge in [-0.2, -0.15) is 5.10 Å². The molecule has 0 radical (unpaired) electrons. The van der Waals surface area contributed by atoms with Gasteiger partial charge >= 0.3 is 0 Å². The highest BCUT2D eigenvalue weighted by molar-refractivity contribution is 6.06. The summed E-state index contributed by atoms with van der Waals surface area (Å²) in [6, 6.07) is 14.9. The number of aromatic amines is 1. The van der Waals surface area contributed by atoms with Gasteiger partial charge in [-0.25, -0.2) is 0 Å². The highest BCUT2D eigenvalue weighted by atomic mass is 15.2. The van der Waals surface area contributed by atoms with Crippen LogP contribution in [0.1, 0.15) is 70.9 Å². The lowest BCUT2D eigenvalue weighted by Gasteiger charge is -2.29. The van der Waals surface area contributed by atoms with Gasteiger partial charge in [0.2, 0.25) is 0 Å². The van der Waals surface area contributed by atoms with E-state index in [2.05, 4.69) is 102 Å². The zero-order chi connectivity index (χ0) is 28.2. The number of hydrogen-bond donors (Lipinski definition) is 4. The predicted molar refractivity (Wildman–Crippen MR) is 170 cm³/mol. The van der Waals surface area contributed by atoms with Gasteiger partial charge in [0, 0.05) is 66.9 Å². The summed E-state index contributed by atoms with van der Waals surface area (Å²) < 4.78 is 0. The van der Waals surface area contributed by atoms with E-state index in [0.717, 1.165) is 76.9 Å². The first-order valence-electron chi connectivity index (χ1n) is 14.6. The Labute approximate surface area is 236 Å². The maximum atomic E-state index is 4.65. The molecule has 39 heavy (non-hydrogen) atoms. The molecular weight excluding hydrogens is 480 g/mol. The van der Waals surface area contributed by atoms with Crippen molar-refractivity contribution in [2.24, 2.45) is 0 Å². The minimum absolute atomic E-state index is 0.744. The Morgan fingerprint density at radius 1 is 0.923 bits per heavy atom. The molecule has 6 heteroatoms. The van der Waals surface area contributed by atoms with Crippen molar-refractivity contribution in [2.45, 2.75) is 59.8 Å². The third-order valence-electron chi connectivity index (χ3n) is 7.12. The molecule has 0 atom stereocenters. The van der Waals surface area contributed by atoms with Crippen LogP contribution in [0.2, 0.25) is 0 Å². The van der Waals surface area contributed by atoms with Crippen molar-refractivity contribution < 1.29 is 0 Å². The zero-order valence-electron chi connectivity index (χ0n) is 24.7. The maximum absolute atomic E-state index is 4.65. The number of anilines is 2. The fourth-order valence-corrected chi connectivity index (χ4v) is 4.69. The molecule has 2 heterocycles. The molecule has 1 aromatic heterocycles. The smallest absolute Gasteiger partial charge is 0.101 e. The fraction of sp³-hybridized carbons (Fsp3) is 0.424. The quantitative estimate of drug-likeness (QED) is 0.189. The number of rotatable bonds is 8. The van der Waals surface area contributed by atoms with E-state index in [9.17, 15) is 0 Å². The molecule has 5 rings (SSSR count). The average molecular weight is 529 g/mol. The van der Waals surface area contributed by atoms with Crippen molar-refractivity contribution in [1.82, 2.24) is 20.8 Å². The Hall–Kier alpha value is -3.51. The molecule has 0 bridgehead atoms. The van der Waals surface area contributed by atoms with Gasteiger partial charge in [-0.15, -0.1) is 0 Å². The van der Waals surface area contributed by atoms with E-state index >= 15 is 0 Å². The van der Waals surface area contributed by atoms with Gasteiger partial charge in [0.1, 0.15) is 5.69 Å². The van der Waals surface area contributed by atoms with Gasteiger partial charge in [0.05, 0.1) is 11.5 Å². The lowest BCUT2D eigenvalue weighted by atomic mass is 10.0. The molecule has 0 amide bonds. The molecule has 0 spiro atoms. The van der Waals surface area contributed by atoms with Crippen molar-refractivity contribution in [3.8, 4) is 22.5 Å². The second kappa shape index (κ2) is 15.2. The molecule has 0 saturated carbocycles. The van der Waals surface area contributed by atoms with E-state index in [1.54, 1.807) is 0 Å². The summed E-state index contributed by atoms with van der Waals surface area (Å²) in [6.45, 7) is 21.3. The standard InChI is InChI=1S/C24H26N6.C5H12.C4H10/c1-15-21-19(5-4-6-20(21)27-16(2)25-3)24-22(15)23(28-29-24)17-7-9-18(10-8-17)30-13-11-26-12-14-30;1-3-5-4-2;1-3-4-2/h4-10,25-27H,1-2,11-14H2,3H3,(H,28,29);3-5H2,1-2H3;3-4H2,1-2H3. The number of fused-ring (bicyclic) bond motifs is 3. The maximum Gasteiger partial charge on any atom is 0.101 e. The molecule has 210 valence electrons. The highest BCUT2D eigenvalue weighted by Gasteiger charge is 2.30. The van der Waals surface area contributed by atoms with Gasteiger partial charge < -0.3 is 20.9 Å². The minimum Gasteiger partial charge on any atom is -0.375 e. The SMILES string of the molecule is C=C(NC)Nc1cccc2c1C(=C)c1c(-c3ccc(N4CCNCC4)cc3)n[nH]c1-2.CCCC.CCCCC. The molecule has 1 aliphatic heterocycles. The van der Waals surface area contributed by atoms with Crippen LogP contribution in [0.25, 0.3) is 28.1 Å². The van der Waals surface area contributed by atoms with E-state index in [0.29, 0.717) is 0 Å². The van der Waals surface area contributed by atoms with E-state index < -0.39 is 0 Å². The second-order valence-corrected chi connectivity index (χ2v) is 10.0. The molecule has 6 nitrogen and oxygen atoms in total. The molecule has 4 N–H and O–H groups in total. The van der Waals surface area contributed by atoms with E-state index in [1.807, 2.05) is 19.2 Å². The van der Waals surface area contributed by atoms with Crippen LogP contribution in [0, 0.1) is 0 Å². The first-order valence-corrected chi connectivity index (χ1v) is 14.6. The van der Waals surface area contributed by atoms with Crippen molar-refractivity contribution in [3.05, 3.63) is 72.6 Å². The van der Waals surface area contributed by atoms with E-state index in [4.69, 9.17) is 0 Å². The second-order valence-electron chi connectivity index (χ2n) is 10.0. The Bertz CT molecular complexity index is 1200. The largest absolute Gasteiger partial charge is 0.375 e. The summed E-state index contributed by atoms with van der Waals surface area (Å²) in [7, 11) is 1.85. The van der Waals surface area contributed by atoms with Gasteiger partial charge in [-0.1, -0.05) is 97.2 Å². The molecule has 2 aliphatic rings. The van der Waals surface area contributed by atoms with Gasteiger partial charge in [0.15, 0.2) is 0 Å². The Balaban J connectivity index is 0.000000408. The zero-order valence-corrected chi connectivity index (χ0v) is 24.7. The fourth-order valence-electron chi connectivity index (χ4n) is 4.69. The third kappa shape index (κ3) is 7.33. The van der Waals surface area contributed by atoms with E-state index in [1.165, 1.54) is 37.8 Å². The number of benzene rings is 2. The van der Waals surface area contributed by atoms with E-state index in [-0.39, 0.29) is 0 Å². The first kappa shape index (κ1) is 30.0. The van der Waals surface area contributed by atoms with Crippen LogP contribution in [0.4, 0.5) is 11.4 Å². The van der Waals surface area contributed by atoms with Crippen LogP contribution in [0.15, 0.2) is 61.4 Å². The van der Waals surface area contributed by atoms with Crippen LogP contribution in [-0.4, -0.2) is 43.4 Å². The minimum atomic E-state index is 0.744. The summed E-state index contributed by atoms with van der Waals surface area (Å²) in [5, 5.41) is 17.7. The monoisotopic (exact) mass is 528 g/mol. The molecule has 1 fully saturated rings. The Morgan fingerprint density at radius 3 is 2.15 bits per heavy atom. The average Bonchev–Trinajstić information content (AvgIpc) is 3.54. The summed E-state index contributed by atoms with van der Waals surface area (Å²) in [6.07, 6.45) is 6.72. The number of aromatic nitrogens is 2. The van der Waals surface area contributed by atoms with Gasteiger partial charge in [-0.3, -0.25) is 5.10 Å². The van der Waals surface area contributed by atoms with Gasteiger partial charge in [0.25, 0.3) is 0 Å². The van der Waals surface area contributed by atoms with Crippen molar-refractivity contribution in [1.29, 1.82) is 0 Å². The number of piperazine rings is 1. The summed E-state index contributed by atoms with van der Waals surface area (Å²) >= 11 is 0. The summed E-state index contributed by atoms with van der Waals surface area (Å²) in [5.41, 5.74) is 9.55. The molecule has 3 aromatic rings. The van der Waals surface area contributed by atoms with Crippen molar-refractivity contribution in [3.63, 3.8) is 0 Å². The summed E-state index contributed by atoms with van der Waals surface area (Å²) in [5.74, 6) is 0.744. The van der Waals surface area contributed by atoms with Crippen LogP contribution < -0.4 is 20.9 Å². The van der Waals surface area contributed by atoms with Crippen LogP contribution in [0.5, 0.6) is 0 Å². The molecule has 1 aliphatic carbocycles. The normalized spacial score (nSPS) is 13.4. The number of nitrogens with zero attached hydrogens (tertiary/aromatic N) is 2. The molecule has 0 unspecified atom stereocenters. The Morgan fingerprint density at radius 2 is 1.59 bits per heavy atom. The molecular formula is C33H48N6. The third-order valence-corrected chi connectivity index (χ3v) is 7.12. The van der Waals surface area contributed by atoms with Crippen molar-refractivity contribution in [2.75, 3.05) is 43.4 Å². The number of H-pyrrole nitrogens is 1. The molecule has 2 aromatic carbocycles. The summed E-state index contributed by atoms with van der Waals surface area (Å²) in [4.78, 5) is 2.41. The lowest BCUT2D eigenvalue weighted by molar-refractivity contribution is 0.589. The van der Waals surface area contributed by atoms with Crippen LogP contribution in [-0.2, 0) is 0 Å². The van der Waals surface area contributed by atoms with Crippen LogP contribution in [0.3, 0.4) is 0 Å². The lowest BCUT2D eigenvalue weighted by Crippen LogP contribution is -2.43. The van der Waals surface area contributed by atoms with Gasteiger partial charge in [-0.05, 0) is 23.8 Å². The van der Waals surface area contributed by atoms with Crippen LogP contribution >= 0.6 is 0 Å². The van der Waals surface area contributed by atoms with Crippen molar-refractivity contribution >= 4 is 16.9 Å². The Kier molecular flexibility index (Phi) is 11.7. The number of hydrogen-bond acceptors (Lipinski definition) is 5. The first-order chi connectivity index (χ1) is 19.0. The number of unbranched alkanes of at least 4 members (excludes halogenated alkanes) is 3. The molecule has 1 saturated heterocycles. The topological polar surface area (TPSA) is 68.0 Å². The predicted octanol–water partition coefficient (Wildman–Crippen LogP) is 7.63.